The van der Waals surface area contributed by atoms with Crippen LogP contribution in [0.4, 0.5) is 24.0 Å². The van der Waals surface area contributed by atoms with Crippen LogP contribution >= 0.6 is 22.9 Å². The highest BCUT2D eigenvalue weighted by molar-refractivity contribution is 7.13. The van der Waals surface area contributed by atoms with E-state index >= 15 is 0 Å². The van der Waals surface area contributed by atoms with Gasteiger partial charge in [-0.15, -0.1) is 11.3 Å². The Kier molecular flexibility index (Phi) is 4.72. The van der Waals surface area contributed by atoms with Crippen molar-refractivity contribution in [2.75, 3.05) is 5.32 Å². The monoisotopic (exact) mass is 371 g/mol. The van der Waals surface area contributed by atoms with Crippen LogP contribution in [0.5, 0.6) is 5.88 Å². The van der Waals surface area contributed by atoms with Gasteiger partial charge in [-0.3, -0.25) is 0 Å². The van der Waals surface area contributed by atoms with Crippen molar-refractivity contribution >= 4 is 33.7 Å². The van der Waals surface area contributed by atoms with Crippen LogP contribution in [0.3, 0.4) is 0 Å². The summed E-state index contributed by atoms with van der Waals surface area (Å²) in [6, 6.07) is 9.05. The van der Waals surface area contributed by atoms with Crippen LogP contribution in [0, 0.1) is 0 Å². The first-order valence-electron chi connectivity index (χ1n) is 6.93. The summed E-state index contributed by atoms with van der Waals surface area (Å²) in [6.07, 6.45) is -2.87. The molecule has 0 radical (unpaired) electrons. The molecule has 126 valence electrons. The second-order valence-electron chi connectivity index (χ2n) is 5.01. The number of aromatic hydroxyl groups is 1. The first kappa shape index (κ1) is 16.7. The largest absolute Gasteiger partial charge is 0.493 e. The van der Waals surface area contributed by atoms with Crippen molar-refractivity contribution in [3.63, 3.8) is 0 Å². The molecule has 0 aliphatic carbocycles. The maximum atomic E-state index is 12.5. The second-order valence-corrected chi connectivity index (χ2v) is 6.76. The summed E-state index contributed by atoms with van der Waals surface area (Å²) in [5.74, 6) is 0.0382. The van der Waals surface area contributed by atoms with Crippen LogP contribution in [-0.4, -0.2) is 14.5 Å². The number of benzene rings is 1. The van der Waals surface area contributed by atoms with Crippen molar-refractivity contribution in [2.24, 2.45) is 0 Å². The maximum Gasteiger partial charge on any atom is 0.434 e. The topological polar surface area (TPSA) is 58.0 Å². The van der Waals surface area contributed by atoms with Crippen LogP contribution < -0.4 is 5.32 Å². The van der Waals surface area contributed by atoms with Gasteiger partial charge in [-0.1, -0.05) is 12.1 Å². The van der Waals surface area contributed by atoms with E-state index < -0.39 is 11.9 Å². The smallest absolute Gasteiger partial charge is 0.434 e. The molecular weight excluding hydrogens is 359 g/mol. The van der Waals surface area contributed by atoms with E-state index in [-0.39, 0.29) is 11.0 Å². The van der Waals surface area contributed by atoms with Crippen molar-refractivity contribution in [1.29, 1.82) is 0 Å². The third-order valence-corrected chi connectivity index (χ3v) is 4.80. The van der Waals surface area contributed by atoms with Crippen LogP contribution in [0.2, 0.25) is 0 Å². The lowest BCUT2D eigenvalue weighted by Gasteiger charge is -2.05. The number of nitrogens with one attached hydrogen (secondary N) is 1. The van der Waals surface area contributed by atoms with Gasteiger partial charge >= 0.3 is 6.18 Å². The average molecular weight is 371 g/mol. The van der Waals surface area contributed by atoms with E-state index in [1.807, 2.05) is 12.1 Å². The Bertz CT molecular complexity index is 812. The molecule has 2 aromatic heterocycles. The van der Waals surface area contributed by atoms with E-state index in [0.717, 1.165) is 40.0 Å². The van der Waals surface area contributed by atoms with Crippen molar-refractivity contribution in [3.8, 4) is 5.88 Å². The number of nitrogens with zero attached hydrogens (tertiary/aromatic N) is 2. The Morgan fingerprint density at radius 3 is 2.46 bits per heavy atom. The number of hydrogen-bond donors (Lipinski definition) is 2. The highest BCUT2D eigenvalue weighted by Gasteiger charge is 2.33. The Morgan fingerprint density at radius 1 is 1.12 bits per heavy atom. The molecule has 0 aliphatic heterocycles. The van der Waals surface area contributed by atoms with Gasteiger partial charge in [-0.05, 0) is 42.1 Å². The second kappa shape index (κ2) is 6.78. The van der Waals surface area contributed by atoms with Gasteiger partial charge in [-0.25, -0.2) is 4.98 Å². The molecule has 0 fully saturated rings. The molecule has 0 amide bonds. The molecule has 0 unspecified atom stereocenters. The number of rotatable bonds is 5. The molecule has 0 saturated heterocycles. The normalized spacial score (nSPS) is 11.6. The molecule has 24 heavy (non-hydrogen) atoms. The minimum atomic E-state index is -4.43. The van der Waals surface area contributed by atoms with Crippen LogP contribution in [0.1, 0.15) is 16.1 Å². The Labute approximate surface area is 143 Å². The molecule has 0 aliphatic rings. The lowest BCUT2D eigenvalue weighted by atomic mass is 10.1. The summed E-state index contributed by atoms with van der Waals surface area (Å²) in [7, 11) is 0. The summed E-state index contributed by atoms with van der Waals surface area (Å²) in [6.45, 7) is 0. The van der Waals surface area contributed by atoms with Gasteiger partial charge in [0.05, 0.1) is 0 Å². The third kappa shape index (κ3) is 4.24. The summed E-state index contributed by atoms with van der Waals surface area (Å²) >= 11 is 2.18. The van der Waals surface area contributed by atoms with Gasteiger partial charge in [-0.2, -0.15) is 17.5 Å². The van der Waals surface area contributed by atoms with Gasteiger partial charge in [0.25, 0.3) is 0 Å². The van der Waals surface area contributed by atoms with Gasteiger partial charge in [0.15, 0.2) is 10.8 Å². The number of hydrogen-bond acceptors (Lipinski definition) is 6. The quantitative estimate of drug-likeness (QED) is 0.673. The molecule has 0 bridgehead atoms. The van der Waals surface area contributed by atoms with Crippen molar-refractivity contribution in [1.82, 2.24) is 9.36 Å². The summed E-state index contributed by atoms with van der Waals surface area (Å²) in [5, 5.41) is 13.3. The zero-order chi connectivity index (χ0) is 17.2. The first-order chi connectivity index (χ1) is 11.4. The number of alkyl halides is 3. The predicted octanol–water partition coefficient (Wildman–Crippen LogP) is 4.85. The molecule has 0 saturated carbocycles. The Balaban J connectivity index is 1.59. The van der Waals surface area contributed by atoms with E-state index in [4.69, 9.17) is 0 Å². The molecule has 0 spiro atoms. The van der Waals surface area contributed by atoms with Gasteiger partial charge in [0, 0.05) is 22.0 Å². The molecule has 9 heteroatoms. The third-order valence-electron chi connectivity index (χ3n) is 3.21. The summed E-state index contributed by atoms with van der Waals surface area (Å²) in [5.41, 5.74) is 0.875. The average Bonchev–Trinajstić information content (AvgIpc) is 3.15. The van der Waals surface area contributed by atoms with E-state index in [0.29, 0.717) is 5.69 Å². The van der Waals surface area contributed by atoms with Gasteiger partial charge in [0.2, 0.25) is 5.88 Å². The van der Waals surface area contributed by atoms with E-state index in [1.165, 1.54) is 11.5 Å². The molecule has 2 N–H and O–H groups in total. The molecule has 3 rings (SSSR count). The number of aryl methyl sites for hydroxylation is 2. The van der Waals surface area contributed by atoms with E-state index in [1.54, 1.807) is 18.2 Å². The fourth-order valence-electron chi connectivity index (χ4n) is 2.03. The van der Waals surface area contributed by atoms with E-state index in [2.05, 4.69) is 14.7 Å². The predicted molar refractivity (Wildman–Crippen MR) is 88.0 cm³/mol. The molecule has 2 heterocycles. The zero-order valence-corrected chi connectivity index (χ0v) is 13.8. The zero-order valence-electron chi connectivity index (χ0n) is 12.2. The number of halogens is 3. The minimum absolute atomic E-state index is 0.0382. The van der Waals surface area contributed by atoms with Gasteiger partial charge < -0.3 is 10.4 Å². The minimum Gasteiger partial charge on any atom is -0.493 e. The Morgan fingerprint density at radius 2 is 1.88 bits per heavy atom. The van der Waals surface area contributed by atoms with Crippen molar-refractivity contribution < 1.29 is 18.3 Å². The van der Waals surface area contributed by atoms with Crippen LogP contribution in [0.25, 0.3) is 0 Å². The van der Waals surface area contributed by atoms with Crippen molar-refractivity contribution in [2.45, 2.75) is 19.0 Å². The lowest BCUT2D eigenvalue weighted by Crippen LogP contribution is -2.05. The maximum absolute atomic E-state index is 12.5. The van der Waals surface area contributed by atoms with Crippen LogP contribution in [-0.2, 0) is 19.0 Å². The summed E-state index contributed by atoms with van der Waals surface area (Å²) in [4.78, 5) is 4.53. The molecule has 4 nitrogen and oxygen atoms in total. The van der Waals surface area contributed by atoms with Gasteiger partial charge in [0.1, 0.15) is 0 Å². The lowest BCUT2D eigenvalue weighted by molar-refractivity contribution is -0.140. The fourth-order valence-corrected chi connectivity index (χ4v) is 3.38. The SMILES string of the molecule is Oc1cc(CCc2ccc(Nc3nc(C(F)(F)F)cs3)cc2)sn1. The fraction of sp³-hybridized carbons (Fsp3) is 0.200. The molecule has 3 aromatic rings. The highest BCUT2D eigenvalue weighted by Crippen LogP contribution is 2.32. The molecule has 0 atom stereocenters. The number of aromatic nitrogens is 2. The highest BCUT2D eigenvalue weighted by atomic mass is 32.1. The standard InChI is InChI=1S/C15H12F3N3OS2/c16-15(17,18)12-8-23-14(20-12)19-10-4-1-9(2-5-10)3-6-11-7-13(22)21-24-11/h1-2,4-5,7-8H,3,6H2,(H,19,20)(H,21,22). The summed E-state index contributed by atoms with van der Waals surface area (Å²) < 4.78 is 41.4. The Hall–Kier alpha value is -2.13. The molecular formula is C15H12F3N3OS2. The number of anilines is 2. The van der Waals surface area contributed by atoms with Crippen LogP contribution in [0.15, 0.2) is 35.7 Å². The molecule has 1 aromatic carbocycles. The first-order valence-corrected chi connectivity index (χ1v) is 8.59. The number of thiazole rings is 1. The van der Waals surface area contributed by atoms with Crippen molar-refractivity contribution in [3.05, 3.63) is 51.8 Å². The van der Waals surface area contributed by atoms with E-state index in [9.17, 15) is 18.3 Å².